The molecule has 3 N–H and O–H groups in total. The molecule has 2 rings (SSSR count). The molecular weight excluding hydrogens is 234 g/mol. The Morgan fingerprint density at radius 3 is 3.00 bits per heavy atom. The summed E-state index contributed by atoms with van der Waals surface area (Å²) in [5.74, 6) is 1.19. The van der Waals surface area contributed by atoms with E-state index < -0.39 is 0 Å². The first-order chi connectivity index (χ1) is 8.70. The van der Waals surface area contributed by atoms with Crippen LogP contribution in [0.3, 0.4) is 0 Å². The molecule has 0 aliphatic rings. The first kappa shape index (κ1) is 12.3. The van der Waals surface area contributed by atoms with E-state index in [-0.39, 0.29) is 11.8 Å². The SMILES string of the molecule is COc1cc(C(C)NCc2nn[nH]n2)ccc1O. The second kappa shape index (κ2) is 5.46. The summed E-state index contributed by atoms with van der Waals surface area (Å²) in [6.45, 7) is 2.52. The highest BCUT2D eigenvalue weighted by atomic mass is 16.5. The zero-order valence-electron chi connectivity index (χ0n) is 10.2. The Morgan fingerprint density at radius 2 is 2.33 bits per heavy atom. The smallest absolute Gasteiger partial charge is 0.188 e. The van der Waals surface area contributed by atoms with Gasteiger partial charge >= 0.3 is 0 Å². The van der Waals surface area contributed by atoms with Gasteiger partial charge in [0.25, 0.3) is 0 Å². The van der Waals surface area contributed by atoms with Crippen LogP contribution in [0, 0.1) is 0 Å². The van der Waals surface area contributed by atoms with Crippen LogP contribution < -0.4 is 10.1 Å². The van der Waals surface area contributed by atoms with Crippen LogP contribution in [0.25, 0.3) is 0 Å². The zero-order chi connectivity index (χ0) is 13.0. The van der Waals surface area contributed by atoms with Crippen LogP contribution in [0.4, 0.5) is 0 Å². The molecular formula is C11H15N5O2. The molecule has 0 amide bonds. The van der Waals surface area contributed by atoms with Gasteiger partial charge in [-0.15, -0.1) is 10.2 Å². The Bertz CT molecular complexity index is 500. The van der Waals surface area contributed by atoms with Gasteiger partial charge in [-0.3, -0.25) is 0 Å². The molecule has 0 spiro atoms. The topological polar surface area (TPSA) is 96.0 Å². The average Bonchev–Trinajstić information content (AvgIpc) is 2.89. The molecule has 0 aliphatic heterocycles. The maximum absolute atomic E-state index is 9.52. The minimum atomic E-state index is 0.0815. The first-order valence-corrected chi connectivity index (χ1v) is 5.53. The van der Waals surface area contributed by atoms with Gasteiger partial charge in [0.2, 0.25) is 0 Å². The van der Waals surface area contributed by atoms with Crippen molar-refractivity contribution in [3.05, 3.63) is 29.6 Å². The van der Waals surface area contributed by atoms with Crippen molar-refractivity contribution in [2.75, 3.05) is 7.11 Å². The molecule has 1 aromatic heterocycles. The molecule has 0 fully saturated rings. The lowest BCUT2D eigenvalue weighted by Gasteiger charge is -2.14. The maximum atomic E-state index is 9.52. The number of nitrogens with zero attached hydrogens (tertiary/aromatic N) is 3. The van der Waals surface area contributed by atoms with Gasteiger partial charge in [0, 0.05) is 6.04 Å². The molecule has 18 heavy (non-hydrogen) atoms. The molecule has 0 aliphatic carbocycles. The molecule has 1 aromatic carbocycles. The van der Waals surface area contributed by atoms with E-state index in [1.165, 1.54) is 7.11 Å². The zero-order valence-corrected chi connectivity index (χ0v) is 10.2. The van der Waals surface area contributed by atoms with Gasteiger partial charge in [0.15, 0.2) is 17.3 Å². The second-order valence-electron chi connectivity index (χ2n) is 3.86. The van der Waals surface area contributed by atoms with E-state index in [2.05, 4.69) is 25.9 Å². The van der Waals surface area contributed by atoms with E-state index >= 15 is 0 Å². The van der Waals surface area contributed by atoms with E-state index in [0.29, 0.717) is 18.1 Å². The van der Waals surface area contributed by atoms with Crippen molar-refractivity contribution in [3.8, 4) is 11.5 Å². The predicted octanol–water partition coefficient (Wildman–Crippen LogP) is 0.765. The highest BCUT2D eigenvalue weighted by Crippen LogP contribution is 2.28. The Balaban J connectivity index is 2.02. The van der Waals surface area contributed by atoms with Crippen LogP contribution >= 0.6 is 0 Å². The molecule has 96 valence electrons. The number of aromatic amines is 1. The summed E-state index contributed by atoms with van der Waals surface area (Å²) in [5, 5.41) is 26.4. The number of tetrazole rings is 1. The number of phenolic OH excluding ortho intramolecular Hbond substituents is 1. The van der Waals surface area contributed by atoms with Crippen LogP contribution in [0.2, 0.25) is 0 Å². The van der Waals surface area contributed by atoms with Crippen molar-refractivity contribution in [2.45, 2.75) is 19.5 Å². The quantitative estimate of drug-likeness (QED) is 0.724. The van der Waals surface area contributed by atoms with E-state index in [1.807, 2.05) is 13.0 Å². The Morgan fingerprint density at radius 1 is 1.50 bits per heavy atom. The average molecular weight is 249 g/mol. The van der Waals surface area contributed by atoms with Crippen LogP contribution in [0.1, 0.15) is 24.4 Å². The van der Waals surface area contributed by atoms with E-state index in [4.69, 9.17) is 4.74 Å². The number of nitrogens with one attached hydrogen (secondary N) is 2. The number of aromatic hydroxyl groups is 1. The molecule has 1 heterocycles. The number of rotatable bonds is 5. The molecule has 7 heteroatoms. The van der Waals surface area contributed by atoms with Gasteiger partial charge in [-0.1, -0.05) is 11.3 Å². The number of hydrogen-bond acceptors (Lipinski definition) is 6. The number of H-pyrrole nitrogens is 1. The van der Waals surface area contributed by atoms with Crippen molar-refractivity contribution in [2.24, 2.45) is 0 Å². The lowest BCUT2D eigenvalue weighted by Crippen LogP contribution is -2.18. The van der Waals surface area contributed by atoms with E-state index in [1.54, 1.807) is 12.1 Å². The fourth-order valence-electron chi connectivity index (χ4n) is 1.58. The molecule has 0 saturated heterocycles. The van der Waals surface area contributed by atoms with Gasteiger partial charge in [-0.25, -0.2) is 0 Å². The van der Waals surface area contributed by atoms with Crippen molar-refractivity contribution in [3.63, 3.8) is 0 Å². The monoisotopic (exact) mass is 249 g/mol. The molecule has 0 bridgehead atoms. The fraction of sp³-hybridized carbons (Fsp3) is 0.364. The van der Waals surface area contributed by atoms with E-state index in [9.17, 15) is 5.11 Å². The molecule has 7 nitrogen and oxygen atoms in total. The lowest BCUT2D eigenvalue weighted by molar-refractivity contribution is 0.372. The van der Waals surface area contributed by atoms with Crippen molar-refractivity contribution >= 4 is 0 Å². The summed E-state index contributed by atoms with van der Waals surface area (Å²) in [6.07, 6.45) is 0. The highest BCUT2D eigenvalue weighted by molar-refractivity contribution is 5.42. The first-order valence-electron chi connectivity index (χ1n) is 5.53. The summed E-state index contributed by atoms with van der Waals surface area (Å²) in [6, 6.07) is 5.33. The molecule has 0 radical (unpaired) electrons. The van der Waals surface area contributed by atoms with Gasteiger partial charge in [-0.05, 0) is 24.6 Å². The summed E-state index contributed by atoms with van der Waals surface area (Å²) in [5.41, 5.74) is 1.01. The Kier molecular flexibility index (Phi) is 3.73. The largest absolute Gasteiger partial charge is 0.504 e. The molecule has 1 unspecified atom stereocenters. The minimum Gasteiger partial charge on any atom is -0.504 e. The van der Waals surface area contributed by atoms with Gasteiger partial charge in [-0.2, -0.15) is 5.21 Å². The predicted molar refractivity (Wildman–Crippen MR) is 64.1 cm³/mol. The summed E-state index contributed by atoms with van der Waals surface area (Å²) < 4.78 is 5.07. The van der Waals surface area contributed by atoms with Crippen molar-refractivity contribution < 1.29 is 9.84 Å². The molecule has 1 atom stereocenters. The van der Waals surface area contributed by atoms with Crippen molar-refractivity contribution in [1.82, 2.24) is 25.9 Å². The number of ether oxygens (including phenoxy) is 1. The van der Waals surface area contributed by atoms with Gasteiger partial charge in [0.1, 0.15) is 0 Å². The molecule has 2 aromatic rings. The number of benzene rings is 1. The maximum Gasteiger partial charge on any atom is 0.188 e. The summed E-state index contributed by atoms with van der Waals surface area (Å²) in [7, 11) is 1.52. The standard InChI is InChI=1S/C11H15N5O2/c1-7(12-6-11-13-15-16-14-11)8-3-4-9(17)10(5-8)18-2/h3-5,7,12,17H,6H2,1-2H3,(H,13,14,15,16). The third-order valence-electron chi connectivity index (χ3n) is 2.66. The Labute approximate surface area is 104 Å². The fourth-order valence-corrected chi connectivity index (χ4v) is 1.58. The summed E-state index contributed by atoms with van der Waals surface area (Å²) in [4.78, 5) is 0. The number of phenols is 1. The minimum absolute atomic E-state index is 0.0815. The number of methoxy groups -OCH3 is 1. The summed E-state index contributed by atoms with van der Waals surface area (Å²) >= 11 is 0. The lowest BCUT2D eigenvalue weighted by atomic mass is 10.1. The third kappa shape index (κ3) is 2.75. The van der Waals surface area contributed by atoms with Crippen LogP contribution in [-0.4, -0.2) is 32.8 Å². The van der Waals surface area contributed by atoms with Crippen LogP contribution in [-0.2, 0) is 6.54 Å². The third-order valence-corrected chi connectivity index (χ3v) is 2.66. The van der Waals surface area contributed by atoms with Crippen molar-refractivity contribution in [1.29, 1.82) is 0 Å². The number of aromatic nitrogens is 4. The number of hydrogen-bond donors (Lipinski definition) is 3. The van der Waals surface area contributed by atoms with Crippen LogP contribution in [0.15, 0.2) is 18.2 Å². The van der Waals surface area contributed by atoms with Gasteiger partial charge in [0.05, 0.1) is 13.7 Å². The van der Waals surface area contributed by atoms with Gasteiger partial charge < -0.3 is 15.2 Å². The highest BCUT2D eigenvalue weighted by Gasteiger charge is 2.09. The second-order valence-corrected chi connectivity index (χ2v) is 3.86. The Hall–Kier alpha value is -2.15. The van der Waals surface area contributed by atoms with E-state index in [0.717, 1.165) is 5.56 Å². The normalized spacial score (nSPS) is 12.3. The van der Waals surface area contributed by atoms with Crippen LogP contribution in [0.5, 0.6) is 11.5 Å². The molecule has 0 saturated carbocycles.